The molecule has 4 nitrogen and oxygen atoms in total. The van der Waals surface area contributed by atoms with Gasteiger partial charge in [-0.2, -0.15) is 5.10 Å². The van der Waals surface area contributed by atoms with Gasteiger partial charge in [-0.1, -0.05) is 0 Å². The topological polar surface area (TPSA) is 61.7 Å². The lowest BCUT2D eigenvalue weighted by atomic mass is 10.2. The van der Waals surface area contributed by atoms with Gasteiger partial charge in [0, 0.05) is 10.4 Å². The van der Waals surface area contributed by atoms with Crippen molar-refractivity contribution in [3.8, 4) is 5.75 Å². The van der Waals surface area contributed by atoms with Crippen molar-refractivity contribution >= 4 is 62.0 Å². The number of benzene rings is 1. The van der Waals surface area contributed by atoms with Gasteiger partial charge < -0.3 is 5.11 Å². The first-order valence-corrected chi connectivity index (χ1v) is 7.82. The van der Waals surface area contributed by atoms with Crippen molar-refractivity contribution in [1.82, 2.24) is 5.43 Å². The maximum absolute atomic E-state index is 11.8. The fourth-order valence-electron chi connectivity index (χ4n) is 1.27. The average molecular weight is 451 g/mol. The number of carbonyl (C=O) groups excluding carboxylic acids is 1. The Balaban J connectivity index is 2.01. The van der Waals surface area contributed by atoms with Gasteiger partial charge in [0.25, 0.3) is 5.91 Å². The van der Waals surface area contributed by atoms with Gasteiger partial charge in [0.15, 0.2) is 0 Å². The highest BCUT2D eigenvalue weighted by Gasteiger charge is 2.07. The van der Waals surface area contributed by atoms with Gasteiger partial charge >= 0.3 is 0 Å². The van der Waals surface area contributed by atoms with Gasteiger partial charge in [-0.25, -0.2) is 5.43 Å². The molecule has 1 amide bonds. The van der Waals surface area contributed by atoms with Crippen molar-refractivity contribution < 1.29 is 9.90 Å². The van der Waals surface area contributed by atoms with E-state index in [0.717, 1.165) is 8.66 Å². The highest BCUT2D eigenvalue weighted by Crippen LogP contribution is 2.21. The molecule has 0 unspecified atom stereocenters. The number of rotatable bonds is 3. The third-order valence-corrected chi connectivity index (χ3v) is 4.63. The minimum absolute atomic E-state index is 0.0828. The Morgan fingerprint density at radius 2 is 2.21 bits per heavy atom. The van der Waals surface area contributed by atoms with Gasteiger partial charge in [0.2, 0.25) is 0 Å². The molecule has 0 atom stereocenters. The number of amides is 1. The number of nitrogens with zero attached hydrogens (tertiary/aromatic N) is 1. The molecule has 7 heteroatoms. The van der Waals surface area contributed by atoms with Crippen LogP contribution in [0.1, 0.15) is 15.2 Å². The van der Waals surface area contributed by atoms with E-state index < -0.39 is 0 Å². The SMILES string of the molecule is O=C(N/N=C\c1ccc(Br)s1)c1ccc(I)c(O)c1. The number of nitrogens with one attached hydrogen (secondary N) is 1. The van der Waals surface area contributed by atoms with Gasteiger partial charge in [-0.15, -0.1) is 11.3 Å². The molecule has 2 N–H and O–H groups in total. The number of carbonyl (C=O) groups is 1. The molecule has 0 aliphatic carbocycles. The summed E-state index contributed by atoms with van der Waals surface area (Å²) in [5.74, 6) is -0.280. The zero-order valence-corrected chi connectivity index (χ0v) is 14.0. The number of halogens is 2. The van der Waals surface area contributed by atoms with Crippen LogP contribution in [0, 0.1) is 3.57 Å². The van der Waals surface area contributed by atoms with E-state index >= 15 is 0 Å². The fourth-order valence-corrected chi connectivity index (χ4v) is 2.90. The molecule has 1 aromatic carbocycles. The number of hydrogen-bond acceptors (Lipinski definition) is 4. The molecule has 0 saturated carbocycles. The second-order valence-electron chi connectivity index (χ2n) is 3.51. The lowest BCUT2D eigenvalue weighted by molar-refractivity contribution is 0.0954. The Bertz CT molecular complexity index is 642. The maximum atomic E-state index is 11.8. The summed E-state index contributed by atoms with van der Waals surface area (Å²) in [6.45, 7) is 0. The summed E-state index contributed by atoms with van der Waals surface area (Å²) in [5.41, 5.74) is 2.78. The molecule has 1 heterocycles. The first-order chi connectivity index (χ1) is 9.06. The molecule has 2 aromatic rings. The maximum Gasteiger partial charge on any atom is 0.271 e. The molecular formula is C12H8BrIN2O2S. The van der Waals surface area contributed by atoms with Crippen LogP contribution >= 0.6 is 49.9 Å². The minimum atomic E-state index is -0.362. The predicted molar refractivity (Wildman–Crippen MR) is 87.9 cm³/mol. The molecule has 2 rings (SSSR count). The highest BCUT2D eigenvalue weighted by atomic mass is 127. The number of hydrogen-bond donors (Lipinski definition) is 2. The lowest BCUT2D eigenvalue weighted by Gasteiger charge is -2.01. The number of hydrazone groups is 1. The predicted octanol–water partition coefficient (Wildman–Crippen LogP) is 3.58. The van der Waals surface area contributed by atoms with Crippen LogP contribution in [-0.4, -0.2) is 17.2 Å². The van der Waals surface area contributed by atoms with Crippen molar-refractivity contribution in [2.75, 3.05) is 0 Å². The van der Waals surface area contributed by atoms with Crippen molar-refractivity contribution in [3.05, 3.63) is 48.1 Å². The molecule has 0 radical (unpaired) electrons. The molecule has 1 aromatic heterocycles. The van der Waals surface area contributed by atoms with Crippen LogP contribution < -0.4 is 5.43 Å². The number of phenols is 1. The molecule has 0 aliphatic heterocycles. The van der Waals surface area contributed by atoms with Crippen molar-refractivity contribution in [2.24, 2.45) is 5.10 Å². The van der Waals surface area contributed by atoms with Crippen LogP contribution in [0.15, 0.2) is 39.2 Å². The van der Waals surface area contributed by atoms with E-state index in [-0.39, 0.29) is 11.7 Å². The molecule has 0 spiro atoms. The second-order valence-corrected chi connectivity index (χ2v) is 7.16. The van der Waals surface area contributed by atoms with Crippen LogP contribution in [0.2, 0.25) is 0 Å². The van der Waals surface area contributed by atoms with Gasteiger partial charge in [-0.3, -0.25) is 4.79 Å². The largest absolute Gasteiger partial charge is 0.507 e. The monoisotopic (exact) mass is 450 g/mol. The highest BCUT2D eigenvalue weighted by molar-refractivity contribution is 14.1. The van der Waals surface area contributed by atoms with Crippen LogP contribution in [0.25, 0.3) is 0 Å². The smallest absolute Gasteiger partial charge is 0.271 e. The first kappa shape index (κ1) is 14.5. The number of phenolic OH excluding ortho intramolecular Hbond substituents is 1. The normalized spacial score (nSPS) is 10.8. The summed E-state index contributed by atoms with van der Waals surface area (Å²) < 4.78 is 1.70. The summed E-state index contributed by atoms with van der Waals surface area (Å²) in [6, 6.07) is 8.51. The molecule has 98 valence electrons. The van der Waals surface area contributed by atoms with E-state index in [4.69, 9.17) is 0 Å². The fraction of sp³-hybridized carbons (Fsp3) is 0. The van der Waals surface area contributed by atoms with E-state index in [1.54, 1.807) is 18.3 Å². The molecule has 0 fully saturated rings. The van der Waals surface area contributed by atoms with E-state index in [0.29, 0.717) is 9.13 Å². The summed E-state index contributed by atoms with van der Waals surface area (Å²) in [6.07, 6.45) is 1.57. The molecular weight excluding hydrogens is 443 g/mol. The van der Waals surface area contributed by atoms with Gasteiger partial charge in [0.1, 0.15) is 5.75 Å². The third-order valence-electron chi connectivity index (χ3n) is 2.16. The van der Waals surface area contributed by atoms with E-state index in [2.05, 4.69) is 26.5 Å². The number of aromatic hydroxyl groups is 1. The van der Waals surface area contributed by atoms with Crippen LogP contribution in [0.3, 0.4) is 0 Å². The van der Waals surface area contributed by atoms with E-state index in [1.807, 2.05) is 34.7 Å². The van der Waals surface area contributed by atoms with Crippen molar-refractivity contribution in [2.45, 2.75) is 0 Å². The number of thiophene rings is 1. The first-order valence-electron chi connectivity index (χ1n) is 5.13. The van der Waals surface area contributed by atoms with Crippen molar-refractivity contribution in [3.63, 3.8) is 0 Å². The summed E-state index contributed by atoms with van der Waals surface area (Å²) >= 11 is 6.85. The Hall–Kier alpha value is -0.930. The van der Waals surface area contributed by atoms with E-state index in [9.17, 15) is 9.90 Å². The summed E-state index contributed by atoms with van der Waals surface area (Å²) in [7, 11) is 0. The zero-order chi connectivity index (χ0) is 13.8. The Kier molecular flexibility index (Phi) is 4.94. The summed E-state index contributed by atoms with van der Waals surface area (Å²) in [5, 5.41) is 13.4. The quantitative estimate of drug-likeness (QED) is 0.426. The van der Waals surface area contributed by atoms with Crippen molar-refractivity contribution in [1.29, 1.82) is 0 Å². The molecule has 0 aliphatic rings. The van der Waals surface area contributed by atoms with Gasteiger partial charge in [0.05, 0.1) is 13.6 Å². The van der Waals surface area contributed by atoms with Crippen LogP contribution in [0.4, 0.5) is 0 Å². The molecule has 19 heavy (non-hydrogen) atoms. The Labute approximate surface area is 135 Å². The van der Waals surface area contributed by atoms with Crippen LogP contribution in [0.5, 0.6) is 5.75 Å². The summed E-state index contributed by atoms with van der Waals surface area (Å²) in [4.78, 5) is 12.7. The Morgan fingerprint density at radius 3 is 2.84 bits per heavy atom. The van der Waals surface area contributed by atoms with E-state index in [1.165, 1.54) is 17.4 Å². The standard InChI is InChI=1S/C12H8BrIN2O2S/c13-11-4-2-8(19-11)6-15-16-12(18)7-1-3-9(14)10(17)5-7/h1-6,17H,(H,16,18)/b15-6-. The zero-order valence-electron chi connectivity index (χ0n) is 9.43. The Morgan fingerprint density at radius 1 is 1.42 bits per heavy atom. The lowest BCUT2D eigenvalue weighted by Crippen LogP contribution is -2.17. The van der Waals surface area contributed by atoms with Crippen LogP contribution in [-0.2, 0) is 0 Å². The molecule has 0 bridgehead atoms. The average Bonchev–Trinajstić information content (AvgIpc) is 2.78. The van der Waals surface area contributed by atoms with Gasteiger partial charge in [-0.05, 0) is 68.9 Å². The minimum Gasteiger partial charge on any atom is -0.507 e. The molecule has 0 saturated heterocycles. The third kappa shape index (κ3) is 4.02. The second kappa shape index (κ2) is 6.49.